The van der Waals surface area contributed by atoms with Crippen molar-refractivity contribution in [2.45, 2.75) is 195 Å². The number of fused-ring (bicyclic) bond motifs is 6. The van der Waals surface area contributed by atoms with Crippen LogP contribution >= 0.6 is 0 Å². The number of hydrogen-bond acceptors (Lipinski definition) is 9. The van der Waals surface area contributed by atoms with E-state index < -0.39 is 22.8 Å². The van der Waals surface area contributed by atoms with Gasteiger partial charge in [-0.1, -0.05) is 49.0 Å². The second-order valence-electron chi connectivity index (χ2n) is 26.0. The molecule has 11 heteroatoms. The molecule has 0 unspecified atom stereocenters. The Balaban J connectivity index is 0.000000176. The Labute approximate surface area is 435 Å². The monoisotopic (exact) mass is 999 g/mol. The van der Waals surface area contributed by atoms with Crippen LogP contribution in [0.2, 0.25) is 0 Å². The smallest absolute Gasteiger partial charge is 0.309 e. The van der Waals surface area contributed by atoms with Crippen molar-refractivity contribution >= 4 is 23.3 Å². The predicted octanol–water partition coefficient (Wildman–Crippen LogP) is 12.7. The lowest BCUT2D eigenvalue weighted by Gasteiger charge is -2.53. The fraction of sp³-hybridized carbons (Fsp3) is 0.770. The van der Waals surface area contributed by atoms with Crippen LogP contribution in [0.3, 0.4) is 0 Å². The summed E-state index contributed by atoms with van der Waals surface area (Å²) in [5, 5.41) is 22.2. The number of anilines is 2. The molecule has 2 aromatic carbocycles. The minimum atomic E-state index is -0.600. The highest BCUT2D eigenvalue weighted by molar-refractivity contribution is 5.75. The van der Waals surface area contributed by atoms with Crippen LogP contribution in [0, 0.1) is 38.9 Å². The number of benzene rings is 2. The minimum Gasteiger partial charge on any atom is -0.490 e. The van der Waals surface area contributed by atoms with Gasteiger partial charge in [0.2, 0.25) is 0 Å². The van der Waals surface area contributed by atoms with E-state index in [-0.39, 0.29) is 13.0 Å². The Morgan fingerprint density at radius 1 is 0.542 bits per heavy atom. The van der Waals surface area contributed by atoms with Gasteiger partial charge in [-0.2, -0.15) is 0 Å². The van der Waals surface area contributed by atoms with Crippen molar-refractivity contribution in [3.8, 4) is 11.5 Å². The summed E-state index contributed by atoms with van der Waals surface area (Å²) < 4.78 is 18.1. The van der Waals surface area contributed by atoms with Crippen LogP contribution in [0.5, 0.6) is 11.5 Å². The normalized spacial score (nSPS) is 32.8. The van der Waals surface area contributed by atoms with E-state index in [4.69, 9.17) is 19.3 Å². The molecule has 3 N–H and O–H groups in total. The second kappa shape index (κ2) is 23.6. The highest BCUT2D eigenvalue weighted by Crippen LogP contribution is 2.57. The van der Waals surface area contributed by atoms with E-state index in [2.05, 4.69) is 110 Å². The molecule has 0 atom stereocenters. The first-order chi connectivity index (χ1) is 33.8. The third-order valence-electron chi connectivity index (χ3n) is 19.8. The molecular formula is C61H98N4O7. The first-order valence-electron chi connectivity index (χ1n) is 28.3. The molecule has 10 aliphatic rings. The summed E-state index contributed by atoms with van der Waals surface area (Å²) in [5.74, 6) is 2.55. The van der Waals surface area contributed by atoms with Crippen molar-refractivity contribution in [3.05, 3.63) is 48.5 Å². The van der Waals surface area contributed by atoms with Gasteiger partial charge in [-0.3, -0.25) is 14.5 Å². The number of piperazine rings is 2. The van der Waals surface area contributed by atoms with Gasteiger partial charge >= 0.3 is 11.9 Å². The van der Waals surface area contributed by atoms with E-state index in [1.54, 1.807) is 7.11 Å². The van der Waals surface area contributed by atoms with Gasteiger partial charge in [0.15, 0.2) is 0 Å². The standard InChI is InChI=1S/C30H46N2O3.C20H32N2O.C10H16O3.CH4/c1-28(2,3)23-4-8-25(9-5-23)35-26-10-6-24(7-11-26)32-20-18-31(19-21-32)22-29-12-15-30(16-13-29,17-14-29)27(33)34;1-20(2,3)16-4-8-18(9-5-16)23-19-10-6-17(7-11-19)22-14-12-21-13-15-22;1-13-10-5-2-9(3-6-10,4-7-10)8(11)12;/h6-7,10-11,23,25H,4-5,8-9,12-22H2,1-3H3,(H,33,34);6-7,10-11,16,18,21H,4-5,8-9,12-15H2,1-3H3;2-7H2,1H3,(H,11,12);1H4. The zero-order valence-corrected chi connectivity index (χ0v) is 45.2. The molecule has 11 nitrogen and oxygen atoms in total. The molecular weight excluding hydrogens is 901 g/mol. The number of ether oxygens (including phenoxy) is 3. The van der Waals surface area contributed by atoms with Crippen LogP contribution in [-0.2, 0) is 14.3 Å². The van der Waals surface area contributed by atoms with Crippen LogP contribution < -0.4 is 24.6 Å². The van der Waals surface area contributed by atoms with E-state index in [0.29, 0.717) is 28.5 Å². The lowest BCUT2D eigenvalue weighted by atomic mass is 9.53. The van der Waals surface area contributed by atoms with E-state index in [0.717, 1.165) is 159 Å². The third kappa shape index (κ3) is 13.6. The predicted molar refractivity (Wildman–Crippen MR) is 293 cm³/mol. The van der Waals surface area contributed by atoms with Gasteiger partial charge in [-0.15, -0.1) is 0 Å². The molecule has 2 heterocycles. The molecule has 0 amide bonds. The van der Waals surface area contributed by atoms with Gasteiger partial charge in [-0.05, 0) is 205 Å². The van der Waals surface area contributed by atoms with Crippen LogP contribution in [0.4, 0.5) is 11.4 Å². The minimum absolute atomic E-state index is 0. The van der Waals surface area contributed by atoms with Crippen molar-refractivity contribution in [2.75, 3.05) is 75.8 Å². The molecule has 72 heavy (non-hydrogen) atoms. The van der Waals surface area contributed by atoms with E-state index >= 15 is 0 Å². The van der Waals surface area contributed by atoms with Crippen LogP contribution in [0.1, 0.15) is 177 Å². The molecule has 12 rings (SSSR count). The maximum Gasteiger partial charge on any atom is 0.309 e. The lowest BCUT2D eigenvalue weighted by Crippen LogP contribution is -2.54. The van der Waals surface area contributed by atoms with Gasteiger partial charge < -0.3 is 39.5 Å². The number of carboxylic acid groups (broad SMARTS) is 2. The van der Waals surface area contributed by atoms with E-state index in [1.165, 1.54) is 62.7 Å². The Morgan fingerprint density at radius 2 is 0.903 bits per heavy atom. The first-order valence-corrected chi connectivity index (χ1v) is 28.3. The number of carboxylic acids is 2. The summed E-state index contributed by atoms with van der Waals surface area (Å²) in [7, 11) is 1.75. The molecule has 2 aliphatic heterocycles. The van der Waals surface area contributed by atoms with Crippen molar-refractivity contribution in [3.63, 3.8) is 0 Å². The molecule has 2 aromatic rings. The molecule has 4 bridgehead atoms. The first kappa shape index (κ1) is 56.2. The maximum absolute atomic E-state index is 11.7. The Morgan fingerprint density at radius 3 is 1.25 bits per heavy atom. The Bertz CT molecular complexity index is 1960. The zero-order chi connectivity index (χ0) is 50.5. The molecule has 0 radical (unpaired) electrons. The number of nitrogens with one attached hydrogen (secondary N) is 1. The third-order valence-corrected chi connectivity index (χ3v) is 19.8. The SMILES string of the molecule is C.CC(C)(C)C1CCC(Oc2ccc(N3CCN(CC45CCC(C(=O)O)(CC4)CC5)CC3)cc2)CC1.CC(C)(C)C1CCC(Oc2ccc(N3CCNCC3)cc2)CC1.COC12CCC(C(=O)O)(CC1)CC2. The quantitative estimate of drug-likeness (QED) is 0.199. The number of methoxy groups -OCH3 is 1. The number of carbonyl (C=O) groups is 2. The van der Waals surface area contributed by atoms with Crippen LogP contribution in [0.15, 0.2) is 48.5 Å². The number of hydrogen-bond donors (Lipinski definition) is 3. The summed E-state index contributed by atoms with van der Waals surface area (Å²) in [6.45, 7) is 24.0. The maximum atomic E-state index is 11.7. The van der Waals surface area contributed by atoms with Gasteiger partial charge in [0, 0.05) is 77.4 Å². The summed E-state index contributed by atoms with van der Waals surface area (Å²) in [5.41, 5.74) is 3.05. The average molecular weight is 999 g/mol. The molecule has 0 spiro atoms. The number of rotatable bonds is 11. The van der Waals surface area contributed by atoms with Crippen molar-refractivity contribution in [2.24, 2.45) is 38.9 Å². The van der Waals surface area contributed by atoms with Crippen molar-refractivity contribution in [1.29, 1.82) is 0 Å². The van der Waals surface area contributed by atoms with E-state index in [9.17, 15) is 14.7 Å². The summed E-state index contributed by atoms with van der Waals surface area (Å²) >= 11 is 0. The Hall–Kier alpha value is -3.54. The van der Waals surface area contributed by atoms with Gasteiger partial charge in [0.1, 0.15) is 11.5 Å². The van der Waals surface area contributed by atoms with Crippen molar-refractivity contribution in [1.82, 2.24) is 10.2 Å². The van der Waals surface area contributed by atoms with Gasteiger partial charge in [-0.25, -0.2) is 0 Å². The highest BCUT2D eigenvalue weighted by atomic mass is 16.5. The molecule has 8 saturated carbocycles. The highest BCUT2D eigenvalue weighted by Gasteiger charge is 2.54. The second-order valence-corrected chi connectivity index (χ2v) is 26.0. The summed E-state index contributed by atoms with van der Waals surface area (Å²) in [6, 6.07) is 17.5. The summed E-state index contributed by atoms with van der Waals surface area (Å²) in [4.78, 5) is 30.4. The number of nitrogens with zero attached hydrogens (tertiary/aromatic N) is 3. The Kier molecular flexibility index (Phi) is 18.4. The van der Waals surface area contributed by atoms with E-state index in [1.807, 2.05) is 0 Å². The summed E-state index contributed by atoms with van der Waals surface area (Å²) in [6.07, 6.45) is 21.8. The lowest BCUT2D eigenvalue weighted by molar-refractivity contribution is -0.169. The largest absolute Gasteiger partial charge is 0.490 e. The zero-order valence-electron chi connectivity index (χ0n) is 45.2. The van der Waals surface area contributed by atoms with Gasteiger partial charge in [0.05, 0.1) is 28.6 Å². The fourth-order valence-corrected chi connectivity index (χ4v) is 14.1. The molecule has 2 saturated heterocycles. The van der Waals surface area contributed by atoms with Crippen LogP contribution in [-0.4, -0.2) is 111 Å². The fourth-order valence-electron chi connectivity index (χ4n) is 14.1. The molecule has 10 fully saturated rings. The molecule has 8 aliphatic carbocycles. The number of aliphatic carboxylic acids is 2. The molecule has 404 valence electrons. The average Bonchev–Trinajstić information content (AvgIpc) is 3.38. The molecule has 0 aromatic heterocycles. The van der Waals surface area contributed by atoms with Crippen molar-refractivity contribution < 1.29 is 34.0 Å². The van der Waals surface area contributed by atoms with Gasteiger partial charge in [0.25, 0.3) is 0 Å². The topological polar surface area (TPSA) is 124 Å². The van der Waals surface area contributed by atoms with Crippen LogP contribution in [0.25, 0.3) is 0 Å².